The smallest absolute Gasteiger partial charge is 0.852 e. The summed E-state index contributed by atoms with van der Waals surface area (Å²) in [6.45, 7) is 20.6. The van der Waals surface area contributed by atoms with Crippen LogP contribution in [0.1, 0.15) is 120 Å². The summed E-state index contributed by atoms with van der Waals surface area (Å²) in [5.74, 6) is 4.75. The molecular formula is C30H51NaO. The molecule has 0 heterocycles. The monoisotopic (exact) mass is 450 g/mol. The minimum absolute atomic E-state index is 0. The molecule has 178 valence electrons. The molecule has 5 saturated carbocycles. The number of fused-ring (bicyclic) bond motifs is 7. The van der Waals surface area contributed by atoms with Crippen molar-refractivity contribution in [2.75, 3.05) is 0 Å². The van der Waals surface area contributed by atoms with Gasteiger partial charge in [0.1, 0.15) is 0 Å². The van der Waals surface area contributed by atoms with Crippen molar-refractivity contribution in [1.29, 1.82) is 0 Å². The Morgan fingerprint density at radius 2 is 1.34 bits per heavy atom. The molecule has 1 nitrogen and oxygen atoms in total. The third kappa shape index (κ3) is 3.15. The number of rotatable bonds is 0. The molecule has 0 spiro atoms. The van der Waals surface area contributed by atoms with Gasteiger partial charge in [-0.3, -0.25) is 0 Å². The van der Waals surface area contributed by atoms with E-state index in [1.807, 2.05) is 0 Å². The van der Waals surface area contributed by atoms with E-state index in [1.54, 1.807) is 0 Å². The Bertz CT molecular complexity index is 732. The molecule has 0 aromatic carbocycles. The average molecular weight is 451 g/mol. The molecule has 5 aliphatic carbocycles. The van der Waals surface area contributed by atoms with E-state index >= 15 is 0 Å². The van der Waals surface area contributed by atoms with Crippen molar-refractivity contribution in [1.82, 2.24) is 0 Å². The maximum Gasteiger partial charge on any atom is 1.00 e. The van der Waals surface area contributed by atoms with Gasteiger partial charge < -0.3 is 5.11 Å². The van der Waals surface area contributed by atoms with Gasteiger partial charge in [0.2, 0.25) is 0 Å². The summed E-state index contributed by atoms with van der Waals surface area (Å²) in [5, 5.41) is 13.8. The fourth-order valence-electron chi connectivity index (χ4n) is 11.6. The third-order valence-corrected chi connectivity index (χ3v) is 13.9. The first-order valence-corrected chi connectivity index (χ1v) is 14.0. The Morgan fingerprint density at radius 3 is 2.03 bits per heavy atom. The molecule has 0 saturated heterocycles. The molecular weight excluding hydrogens is 399 g/mol. The summed E-state index contributed by atoms with van der Waals surface area (Å²) in [6.07, 6.45) is 12.8. The van der Waals surface area contributed by atoms with Gasteiger partial charge in [0.05, 0.1) is 0 Å². The zero-order valence-corrected chi connectivity index (χ0v) is 25.0. The van der Waals surface area contributed by atoms with E-state index in [4.69, 9.17) is 0 Å². The molecule has 11 atom stereocenters. The molecule has 0 N–H and O–H groups in total. The molecule has 5 rings (SSSR count). The Kier molecular flexibility index (Phi) is 6.49. The second kappa shape index (κ2) is 7.98. The van der Waals surface area contributed by atoms with Crippen LogP contribution in [0.5, 0.6) is 0 Å². The molecule has 2 heteroatoms. The summed E-state index contributed by atoms with van der Waals surface area (Å²) in [4.78, 5) is 0. The van der Waals surface area contributed by atoms with Crippen LogP contribution in [0, 0.1) is 62.6 Å². The Morgan fingerprint density at radius 1 is 0.656 bits per heavy atom. The Balaban J connectivity index is 0.00000245. The van der Waals surface area contributed by atoms with E-state index in [1.165, 1.54) is 51.4 Å². The summed E-state index contributed by atoms with van der Waals surface area (Å²) in [5.41, 5.74) is 1.66. The minimum Gasteiger partial charge on any atom is -0.852 e. The van der Waals surface area contributed by atoms with E-state index in [0.717, 1.165) is 36.5 Å². The first-order chi connectivity index (χ1) is 14.3. The van der Waals surface area contributed by atoms with Crippen molar-refractivity contribution >= 4 is 0 Å². The molecule has 0 amide bonds. The first kappa shape index (κ1) is 26.0. The quantitative estimate of drug-likeness (QED) is 0.499. The van der Waals surface area contributed by atoms with Crippen LogP contribution in [-0.2, 0) is 0 Å². The molecule has 5 aliphatic rings. The van der Waals surface area contributed by atoms with Crippen LogP contribution in [0.25, 0.3) is 0 Å². The van der Waals surface area contributed by atoms with Crippen LogP contribution in [0.3, 0.4) is 0 Å². The van der Waals surface area contributed by atoms with Crippen molar-refractivity contribution in [2.24, 2.45) is 62.6 Å². The van der Waals surface area contributed by atoms with Crippen molar-refractivity contribution < 1.29 is 34.7 Å². The maximum absolute atomic E-state index is 13.8. The largest absolute Gasteiger partial charge is 1.00 e. The predicted molar refractivity (Wildman–Crippen MR) is 128 cm³/mol. The van der Waals surface area contributed by atoms with Gasteiger partial charge >= 0.3 is 29.6 Å². The van der Waals surface area contributed by atoms with E-state index < -0.39 is 0 Å². The van der Waals surface area contributed by atoms with Crippen LogP contribution in [-0.4, -0.2) is 6.10 Å². The van der Waals surface area contributed by atoms with Gasteiger partial charge in [-0.2, -0.15) is 0 Å². The van der Waals surface area contributed by atoms with Gasteiger partial charge in [0, 0.05) is 0 Å². The van der Waals surface area contributed by atoms with Crippen molar-refractivity contribution in [3.8, 4) is 0 Å². The first-order valence-electron chi connectivity index (χ1n) is 14.0. The SMILES string of the molecule is C[C@@H]1[C@H]2[C@H]3CC[C@@H]4[C@@]5(C)C([O-])CCC(C)(C)[C@@H]5CC[C@@]4(C)[C@]3(C)CC[C@@]2(C)CC[C@H]1C.[Na+]. The standard InChI is InChI=1S/C30H51O.Na/c1-19-11-15-27(5)17-18-28(6)21(25(27)20(19)2)9-10-23-29(28,7)16-12-22-26(3,4)14-13-24(31)30(22,23)8;/h19-25H,9-18H2,1-8H3;/q-1;+1/t19-,20+,21-,22+,23+,24?,25+,27-,28-,29-,30+;/m1./s1. The average Bonchev–Trinajstić information content (AvgIpc) is 2.69. The predicted octanol–water partition coefficient (Wildman–Crippen LogP) is 4.48. The molecule has 0 aromatic rings. The second-order valence-corrected chi connectivity index (χ2v) is 15.1. The molecule has 0 aromatic heterocycles. The van der Waals surface area contributed by atoms with Crippen molar-refractivity contribution in [2.45, 2.75) is 126 Å². The van der Waals surface area contributed by atoms with Gasteiger partial charge in [-0.1, -0.05) is 61.8 Å². The van der Waals surface area contributed by atoms with Gasteiger partial charge in [-0.05, 0) is 120 Å². The Labute approximate surface area is 222 Å². The van der Waals surface area contributed by atoms with Crippen molar-refractivity contribution in [3.63, 3.8) is 0 Å². The molecule has 0 radical (unpaired) electrons. The van der Waals surface area contributed by atoms with Crippen LogP contribution in [0.4, 0.5) is 0 Å². The van der Waals surface area contributed by atoms with Gasteiger partial charge in [0.25, 0.3) is 0 Å². The summed E-state index contributed by atoms with van der Waals surface area (Å²) in [7, 11) is 0. The van der Waals surface area contributed by atoms with Crippen molar-refractivity contribution in [3.05, 3.63) is 0 Å². The number of hydrogen-bond donors (Lipinski definition) is 0. The van der Waals surface area contributed by atoms with Crippen LogP contribution < -0.4 is 34.7 Å². The Hall–Kier alpha value is 0.960. The number of hydrogen-bond acceptors (Lipinski definition) is 1. The van der Waals surface area contributed by atoms with Gasteiger partial charge in [-0.15, -0.1) is 6.10 Å². The molecule has 1 unspecified atom stereocenters. The topological polar surface area (TPSA) is 23.1 Å². The zero-order chi connectivity index (χ0) is 22.6. The molecule has 32 heavy (non-hydrogen) atoms. The summed E-state index contributed by atoms with van der Waals surface area (Å²) in [6, 6.07) is 0. The summed E-state index contributed by atoms with van der Waals surface area (Å²) < 4.78 is 0. The maximum atomic E-state index is 13.8. The van der Waals surface area contributed by atoms with E-state index in [9.17, 15) is 5.11 Å². The zero-order valence-electron chi connectivity index (χ0n) is 23.0. The van der Waals surface area contributed by atoms with Gasteiger partial charge in [-0.25, -0.2) is 0 Å². The van der Waals surface area contributed by atoms with E-state index in [0.29, 0.717) is 33.5 Å². The minimum atomic E-state index is -0.349. The fraction of sp³-hybridized carbons (Fsp3) is 1.00. The van der Waals surface area contributed by atoms with Crippen LogP contribution >= 0.6 is 0 Å². The summed E-state index contributed by atoms with van der Waals surface area (Å²) >= 11 is 0. The molecule has 5 fully saturated rings. The van der Waals surface area contributed by atoms with Crippen LogP contribution in [0.2, 0.25) is 0 Å². The molecule has 0 bridgehead atoms. The van der Waals surface area contributed by atoms with E-state index in [2.05, 4.69) is 55.4 Å². The van der Waals surface area contributed by atoms with E-state index in [-0.39, 0.29) is 41.1 Å². The fourth-order valence-corrected chi connectivity index (χ4v) is 11.6. The normalized spacial score (nSPS) is 59.0. The van der Waals surface area contributed by atoms with Crippen LogP contribution in [0.15, 0.2) is 0 Å². The van der Waals surface area contributed by atoms with Gasteiger partial charge in [0.15, 0.2) is 0 Å². The second-order valence-electron chi connectivity index (χ2n) is 15.1. The molecule has 0 aliphatic heterocycles. The third-order valence-electron chi connectivity index (χ3n) is 13.9.